The Hall–Kier alpha value is -3.17. The second-order valence-electron chi connectivity index (χ2n) is 6.21. The van der Waals surface area contributed by atoms with Crippen LogP contribution in [0, 0.1) is 0 Å². The van der Waals surface area contributed by atoms with Crippen LogP contribution in [0.4, 0.5) is 5.69 Å². The normalized spacial score (nSPS) is 11.1. The smallest absolute Gasteiger partial charge is 0.174 e. The van der Waals surface area contributed by atoms with Crippen LogP contribution in [0.1, 0.15) is 16.7 Å². The van der Waals surface area contributed by atoms with E-state index in [2.05, 4.69) is 51.9 Å². The maximum absolute atomic E-state index is 6.36. The van der Waals surface area contributed by atoms with E-state index in [-0.39, 0.29) is 0 Å². The summed E-state index contributed by atoms with van der Waals surface area (Å²) in [5.41, 5.74) is 3.42. The predicted molar refractivity (Wildman–Crippen MR) is 110 cm³/mol. The van der Waals surface area contributed by atoms with Crippen LogP contribution in [0.2, 0.25) is 5.15 Å². The highest BCUT2D eigenvalue weighted by atomic mass is 35.5. The summed E-state index contributed by atoms with van der Waals surface area (Å²) < 4.78 is 0. The summed E-state index contributed by atoms with van der Waals surface area (Å²) in [5.74, 6) is 0. The Morgan fingerprint density at radius 3 is 1.48 bits per heavy atom. The highest BCUT2D eigenvalue weighted by Crippen LogP contribution is 2.40. The van der Waals surface area contributed by atoms with Crippen molar-refractivity contribution in [1.82, 2.24) is 10.2 Å². The minimum absolute atomic E-state index is 0.338. The molecule has 0 aliphatic heterocycles. The van der Waals surface area contributed by atoms with E-state index in [4.69, 9.17) is 11.6 Å². The van der Waals surface area contributed by atoms with Crippen molar-refractivity contribution in [3.05, 3.63) is 125 Å². The van der Waals surface area contributed by atoms with Crippen molar-refractivity contribution in [3.63, 3.8) is 0 Å². The molecule has 0 unspecified atom stereocenters. The lowest BCUT2D eigenvalue weighted by molar-refractivity contribution is 0.710. The van der Waals surface area contributed by atoms with Gasteiger partial charge in [-0.1, -0.05) is 103 Å². The molecular formula is C23H18ClN3. The van der Waals surface area contributed by atoms with Gasteiger partial charge in [-0.25, -0.2) is 0 Å². The molecule has 0 aliphatic carbocycles. The Morgan fingerprint density at radius 2 is 1.07 bits per heavy atom. The highest BCUT2D eigenvalue weighted by Gasteiger charge is 2.36. The van der Waals surface area contributed by atoms with Crippen LogP contribution in [0.15, 0.2) is 103 Å². The van der Waals surface area contributed by atoms with Crippen LogP contribution < -0.4 is 5.32 Å². The summed E-state index contributed by atoms with van der Waals surface area (Å²) in [6, 6.07) is 32.9. The third kappa shape index (κ3) is 3.29. The van der Waals surface area contributed by atoms with Crippen LogP contribution in [0.25, 0.3) is 0 Å². The van der Waals surface area contributed by atoms with Gasteiger partial charge in [0, 0.05) is 0 Å². The summed E-state index contributed by atoms with van der Waals surface area (Å²) in [7, 11) is 0. The molecule has 4 aromatic rings. The van der Waals surface area contributed by atoms with E-state index in [0.29, 0.717) is 5.15 Å². The second-order valence-corrected chi connectivity index (χ2v) is 6.57. The molecule has 1 N–H and O–H groups in total. The second kappa shape index (κ2) is 7.60. The van der Waals surface area contributed by atoms with Crippen molar-refractivity contribution in [1.29, 1.82) is 0 Å². The third-order valence-electron chi connectivity index (χ3n) is 4.62. The quantitative estimate of drug-likeness (QED) is 0.468. The number of benzene rings is 3. The van der Waals surface area contributed by atoms with E-state index in [9.17, 15) is 0 Å². The molecule has 27 heavy (non-hydrogen) atoms. The molecule has 0 amide bonds. The zero-order chi connectivity index (χ0) is 18.5. The van der Waals surface area contributed by atoms with Gasteiger partial charge in [0.2, 0.25) is 0 Å². The fourth-order valence-corrected chi connectivity index (χ4v) is 3.54. The maximum atomic E-state index is 6.36. The first-order valence-electron chi connectivity index (χ1n) is 8.72. The van der Waals surface area contributed by atoms with Gasteiger partial charge in [-0.3, -0.25) is 0 Å². The first-order chi connectivity index (χ1) is 13.3. The molecule has 3 aromatic carbocycles. The molecule has 4 heteroatoms. The minimum atomic E-state index is -0.629. The Bertz CT molecular complexity index is 909. The zero-order valence-corrected chi connectivity index (χ0v) is 15.3. The molecule has 0 radical (unpaired) electrons. The fourth-order valence-electron chi connectivity index (χ4n) is 3.39. The Morgan fingerprint density at radius 1 is 0.630 bits per heavy atom. The molecule has 0 spiro atoms. The van der Waals surface area contributed by atoms with Gasteiger partial charge < -0.3 is 5.32 Å². The highest BCUT2D eigenvalue weighted by molar-refractivity contribution is 6.31. The number of hydrogen-bond donors (Lipinski definition) is 1. The van der Waals surface area contributed by atoms with Crippen molar-refractivity contribution in [2.24, 2.45) is 0 Å². The Kier molecular flexibility index (Phi) is 4.86. The van der Waals surface area contributed by atoms with Gasteiger partial charge in [0.05, 0.1) is 11.9 Å². The molecule has 3 nitrogen and oxygen atoms in total. The van der Waals surface area contributed by atoms with Crippen LogP contribution in [0.3, 0.4) is 0 Å². The summed E-state index contributed by atoms with van der Waals surface area (Å²) in [6.07, 6.45) is 1.64. The largest absolute Gasteiger partial charge is 0.365 e. The van der Waals surface area contributed by atoms with Gasteiger partial charge in [0.25, 0.3) is 0 Å². The van der Waals surface area contributed by atoms with E-state index in [1.54, 1.807) is 6.20 Å². The Labute approximate surface area is 163 Å². The zero-order valence-electron chi connectivity index (χ0n) is 14.6. The van der Waals surface area contributed by atoms with Gasteiger partial charge in [0.1, 0.15) is 5.54 Å². The molecule has 0 bridgehead atoms. The summed E-state index contributed by atoms with van der Waals surface area (Å²) in [5, 5.41) is 11.9. The lowest BCUT2D eigenvalue weighted by atomic mass is 9.77. The van der Waals surface area contributed by atoms with Crippen LogP contribution in [-0.2, 0) is 5.54 Å². The fraction of sp³-hybridized carbons (Fsp3) is 0.0435. The van der Waals surface area contributed by atoms with Crippen molar-refractivity contribution in [3.8, 4) is 0 Å². The van der Waals surface area contributed by atoms with Gasteiger partial charge in [-0.2, -0.15) is 5.10 Å². The van der Waals surface area contributed by atoms with E-state index >= 15 is 0 Å². The molecule has 0 saturated heterocycles. The standard InChI is InChI=1S/C23H18ClN3/c24-22-21(16-17-25-27-22)26-23(18-10-4-1-5-11-18,19-12-6-2-7-13-19)20-14-8-3-9-15-20/h1-17H,(H,25,26). The number of rotatable bonds is 5. The van der Waals surface area contributed by atoms with Gasteiger partial charge in [-0.05, 0) is 22.8 Å². The molecule has 4 rings (SSSR count). The molecule has 0 fully saturated rings. The first kappa shape index (κ1) is 17.3. The molecule has 1 aromatic heterocycles. The van der Waals surface area contributed by atoms with Crippen molar-refractivity contribution in [2.75, 3.05) is 5.32 Å². The van der Waals surface area contributed by atoms with Gasteiger partial charge in [-0.15, -0.1) is 5.10 Å². The Balaban J connectivity index is 2.02. The number of nitrogens with one attached hydrogen (secondary N) is 1. The maximum Gasteiger partial charge on any atom is 0.174 e. The topological polar surface area (TPSA) is 37.8 Å². The average Bonchev–Trinajstić information content (AvgIpc) is 2.75. The monoisotopic (exact) mass is 371 g/mol. The number of halogens is 1. The summed E-state index contributed by atoms with van der Waals surface area (Å²) in [4.78, 5) is 0. The van der Waals surface area contributed by atoms with Crippen LogP contribution >= 0.6 is 11.6 Å². The van der Waals surface area contributed by atoms with Crippen molar-refractivity contribution in [2.45, 2.75) is 5.54 Å². The van der Waals surface area contributed by atoms with Crippen LogP contribution in [-0.4, -0.2) is 10.2 Å². The molecule has 0 aliphatic rings. The molecule has 0 saturated carbocycles. The van der Waals surface area contributed by atoms with Crippen molar-refractivity contribution < 1.29 is 0 Å². The molecular weight excluding hydrogens is 354 g/mol. The molecule has 132 valence electrons. The number of anilines is 1. The van der Waals surface area contributed by atoms with Crippen molar-refractivity contribution >= 4 is 17.3 Å². The predicted octanol–water partition coefficient (Wildman–Crippen LogP) is 5.53. The molecule has 1 heterocycles. The number of aromatic nitrogens is 2. The number of hydrogen-bond acceptors (Lipinski definition) is 3. The lowest BCUT2D eigenvalue weighted by Crippen LogP contribution is -2.38. The van der Waals surface area contributed by atoms with E-state index in [0.717, 1.165) is 22.4 Å². The van der Waals surface area contributed by atoms with E-state index in [1.807, 2.05) is 60.7 Å². The van der Waals surface area contributed by atoms with Gasteiger partial charge >= 0.3 is 0 Å². The molecule has 0 atom stereocenters. The average molecular weight is 372 g/mol. The van der Waals surface area contributed by atoms with Gasteiger partial charge in [0.15, 0.2) is 5.15 Å². The summed E-state index contributed by atoms with van der Waals surface area (Å²) >= 11 is 6.36. The van der Waals surface area contributed by atoms with E-state index in [1.165, 1.54) is 0 Å². The van der Waals surface area contributed by atoms with E-state index < -0.39 is 5.54 Å². The number of nitrogens with zero attached hydrogens (tertiary/aromatic N) is 2. The SMILES string of the molecule is Clc1nnccc1NC(c1ccccc1)(c1ccccc1)c1ccccc1. The van der Waals surface area contributed by atoms with Crippen LogP contribution in [0.5, 0.6) is 0 Å². The third-order valence-corrected chi connectivity index (χ3v) is 4.90. The lowest BCUT2D eigenvalue weighted by Gasteiger charge is -2.37. The first-order valence-corrected chi connectivity index (χ1v) is 9.10. The summed E-state index contributed by atoms with van der Waals surface area (Å²) in [6.45, 7) is 0. The minimum Gasteiger partial charge on any atom is -0.365 e.